The Morgan fingerprint density at radius 2 is 2.11 bits per heavy atom. The van der Waals surface area contributed by atoms with Gasteiger partial charge >= 0.3 is 6.01 Å². The van der Waals surface area contributed by atoms with Crippen LogP contribution in [0.25, 0.3) is 0 Å². The van der Waals surface area contributed by atoms with Gasteiger partial charge in [-0.1, -0.05) is 6.92 Å². The summed E-state index contributed by atoms with van der Waals surface area (Å²) in [7, 11) is 1.83. The van der Waals surface area contributed by atoms with Gasteiger partial charge < -0.3 is 20.5 Å². The highest BCUT2D eigenvalue weighted by molar-refractivity contribution is 5.34. The Kier molecular flexibility index (Phi) is 5.57. The van der Waals surface area contributed by atoms with E-state index in [9.17, 15) is 5.11 Å². The summed E-state index contributed by atoms with van der Waals surface area (Å²) in [5.74, 6) is 0.587. The Hall–Kier alpha value is -1.63. The number of hydrogen-bond donors (Lipinski definition) is 2. The van der Waals surface area contributed by atoms with Gasteiger partial charge in [-0.05, 0) is 19.8 Å². The van der Waals surface area contributed by atoms with Crippen molar-refractivity contribution in [3.63, 3.8) is 0 Å². The Morgan fingerprint density at radius 1 is 1.39 bits per heavy atom. The van der Waals surface area contributed by atoms with E-state index in [2.05, 4.69) is 15.0 Å². The van der Waals surface area contributed by atoms with Gasteiger partial charge in [0.05, 0.1) is 12.7 Å². The molecule has 0 fully saturated rings. The maximum atomic E-state index is 9.24. The van der Waals surface area contributed by atoms with Crippen LogP contribution in [0.1, 0.15) is 26.7 Å². The minimum absolute atomic E-state index is 0.134. The molecule has 7 heteroatoms. The van der Waals surface area contributed by atoms with E-state index in [0.29, 0.717) is 25.5 Å². The molecule has 1 aromatic heterocycles. The Morgan fingerprint density at radius 3 is 2.72 bits per heavy atom. The SMILES string of the molecule is CCCOc1nc(N)nc(N(C)CCC(C)O)n1. The lowest BCUT2D eigenvalue weighted by molar-refractivity contribution is 0.186. The number of aliphatic hydroxyl groups is 1. The zero-order chi connectivity index (χ0) is 13.5. The lowest BCUT2D eigenvalue weighted by Gasteiger charge is -2.18. The average Bonchev–Trinajstić information content (AvgIpc) is 2.32. The van der Waals surface area contributed by atoms with Crippen LogP contribution in [0.4, 0.5) is 11.9 Å². The molecule has 0 aliphatic carbocycles. The first kappa shape index (κ1) is 14.4. The van der Waals surface area contributed by atoms with Crippen LogP contribution >= 0.6 is 0 Å². The molecule has 3 N–H and O–H groups in total. The molecule has 102 valence electrons. The van der Waals surface area contributed by atoms with Gasteiger partial charge in [-0.25, -0.2) is 0 Å². The van der Waals surface area contributed by atoms with Crippen LogP contribution in [0.15, 0.2) is 0 Å². The molecule has 1 atom stereocenters. The predicted octanol–water partition coefficient (Wildman–Crippen LogP) is 0.450. The molecule has 7 nitrogen and oxygen atoms in total. The van der Waals surface area contributed by atoms with Gasteiger partial charge in [0, 0.05) is 13.6 Å². The van der Waals surface area contributed by atoms with Crippen molar-refractivity contribution in [1.29, 1.82) is 0 Å². The highest BCUT2D eigenvalue weighted by Crippen LogP contribution is 2.12. The number of nitrogens with zero attached hydrogens (tertiary/aromatic N) is 4. The van der Waals surface area contributed by atoms with Gasteiger partial charge in [0.15, 0.2) is 0 Å². The van der Waals surface area contributed by atoms with Crippen molar-refractivity contribution in [3.05, 3.63) is 0 Å². The normalized spacial score (nSPS) is 12.2. The van der Waals surface area contributed by atoms with Crippen molar-refractivity contribution >= 4 is 11.9 Å². The van der Waals surface area contributed by atoms with Gasteiger partial charge in [0.25, 0.3) is 0 Å². The number of aromatic nitrogens is 3. The molecule has 1 heterocycles. The molecule has 0 aliphatic heterocycles. The van der Waals surface area contributed by atoms with Gasteiger partial charge in [0.2, 0.25) is 11.9 Å². The number of rotatable bonds is 7. The maximum Gasteiger partial charge on any atom is 0.323 e. The first-order valence-electron chi connectivity index (χ1n) is 6.06. The summed E-state index contributed by atoms with van der Waals surface area (Å²) < 4.78 is 5.33. The smallest absolute Gasteiger partial charge is 0.323 e. The summed E-state index contributed by atoms with van der Waals surface area (Å²) in [6.45, 7) is 4.92. The summed E-state index contributed by atoms with van der Waals surface area (Å²) in [6.07, 6.45) is 1.15. The second kappa shape index (κ2) is 6.95. The van der Waals surface area contributed by atoms with Crippen LogP contribution in [0.2, 0.25) is 0 Å². The van der Waals surface area contributed by atoms with Gasteiger partial charge in [0.1, 0.15) is 0 Å². The van der Waals surface area contributed by atoms with Crippen molar-refractivity contribution < 1.29 is 9.84 Å². The molecule has 0 amide bonds. The summed E-state index contributed by atoms with van der Waals surface area (Å²) in [4.78, 5) is 13.9. The topological polar surface area (TPSA) is 97.4 Å². The van der Waals surface area contributed by atoms with E-state index in [1.807, 2.05) is 18.9 Å². The molecule has 0 aromatic carbocycles. The van der Waals surface area contributed by atoms with E-state index in [-0.39, 0.29) is 18.1 Å². The van der Waals surface area contributed by atoms with Crippen molar-refractivity contribution in [1.82, 2.24) is 15.0 Å². The Balaban J connectivity index is 2.71. The number of anilines is 2. The molecule has 0 radical (unpaired) electrons. The molecule has 0 bridgehead atoms. The van der Waals surface area contributed by atoms with Crippen LogP contribution in [-0.2, 0) is 0 Å². The second-order valence-electron chi connectivity index (χ2n) is 4.18. The van der Waals surface area contributed by atoms with Crippen LogP contribution < -0.4 is 15.4 Å². The fourth-order valence-corrected chi connectivity index (χ4v) is 1.27. The Labute approximate surface area is 107 Å². The van der Waals surface area contributed by atoms with Crippen molar-refractivity contribution in [3.8, 4) is 6.01 Å². The molecule has 0 spiro atoms. The lowest BCUT2D eigenvalue weighted by Crippen LogP contribution is -2.24. The quantitative estimate of drug-likeness (QED) is 0.730. The fourth-order valence-electron chi connectivity index (χ4n) is 1.27. The first-order valence-corrected chi connectivity index (χ1v) is 6.06. The highest BCUT2D eigenvalue weighted by atomic mass is 16.5. The van der Waals surface area contributed by atoms with Crippen LogP contribution in [0.5, 0.6) is 6.01 Å². The third kappa shape index (κ3) is 4.70. The molecule has 1 rings (SSSR count). The van der Waals surface area contributed by atoms with Gasteiger partial charge in [-0.3, -0.25) is 0 Å². The van der Waals surface area contributed by atoms with E-state index in [1.165, 1.54) is 0 Å². The van der Waals surface area contributed by atoms with Crippen LogP contribution in [-0.4, -0.2) is 46.4 Å². The van der Waals surface area contributed by atoms with Crippen LogP contribution in [0, 0.1) is 0 Å². The van der Waals surface area contributed by atoms with Crippen molar-refractivity contribution in [2.75, 3.05) is 30.8 Å². The van der Waals surface area contributed by atoms with E-state index < -0.39 is 0 Å². The molecule has 0 saturated heterocycles. The lowest BCUT2D eigenvalue weighted by atomic mass is 10.3. The number of nitrogens with two attached hydrogens (primary N) is 1. The monoisotopic (exact) mass is 255 g/mol. The second-order valence-corrected chi connectivity index (χ2v) is 4.18. The molecule has 0 aliphatic rings. The molecule has 0 saturated carbocycles. The third-order valence-corrected chi connectivity index (χ3v) is 2.28. The average molecular weight is 255 g/mol. The molecule has 1 aromatic rings. The summed E-state index contributed by atoms with van der Waals surface area (Å²) in [6, 6.07) is 0.239. The van der Waals surface area contributed by atoms with Gasteiger partial charge in [-0.15, -0.1) is 0 Å². The number of aliphatic hydroxyl groups excluding tert-OH is 1. The minimum Gasteiger partial charge on any atom is -0.463 e. The summed E-state index contributed by atoms with van der Waals surface area (Å²) in [5, 5.41) is 9.24. The zero-order valence-corrected chi connectivity index (χ0v) is 11.1. The van der Waals surface area contributed by atoms with E-state index in [4.69, 9.17) is 10.5 Å². The highest BCUT2D eigenvalue weighted by Gasteiger charge is 2.10. The minimum atomic E-state index is -0.359. The van der Waals surface area contributed by atoms with Crippen molar-refractivity contribution in [2.24, 2.45) is 0 Å². The number of hydrogen-bond acceptors (Lipinski definition) is 7. The summed E-state index contributed by atoms with van der Waals surface area (Å²) in [5.41, 5.74) is 5.61. The predicted molar refractivity (Wildman–Crippen MR) is 69.6 cm³/mol. The number of ether oxygens (including phenoxy) is 1. The molecular formula is C11H21N5O2. The van der Waals surface area contributed by atoms with Crippen molar-refractivity contribution in [2.45, 2.75) is 32.8 Å². The molecule has 18 heavy (non-hydrogen) atoms. The summed E-state index contributed by atoms with van der Waals surface area (Å²) >= 11 is 0. The molecular weight excluding hydrogens is 234 g/mol. The fraction of sp³-hybridized carbons (Fsp3) is 0.727. The Bertz CT molecular complexity index is 372. The van der Waals surface area contributed by atoms with E-state index in [0.717, 1.165) is 6.42 Å². The zero-order valence-electron chi connectivity index (χ0n) is 11.1. The maximum absolute atomic E-state index is 9.24. The molecule has 1 unspecified atom stereocenters. The van der Waals surface area contributed by atoms with E-state index >= 15 is 0 Å². The third-order valence-electron chi connectivity index (χ3n) is 2.28. The first-order chi connectivity index (χ1) is 8.52. The standard InChI is InChI=1S/C11H21N5O2/c1-4-7-18-11-14-9(12)13-10(15-11)16(3)6-5-8(2)17/h8,17H,4-7H2,1-3H3,(H2,12,13,14,15). The number of nitrogen functional groups attached to an aromatic ring is 1. The van der Waals surface area contributed by atoms with Gasteiger partial charge in [-0.2, -0.15) is 15.0 Å². The van der Waals surface area contributed by atoms with Crippen LogP contribution in [0.3, 0.4) is 0 Å². The largest absolute Gasteiger partial charge is 0.463 e. The van der Waals surface area contributed by atoms with E-state index in [1.54, 1.807) is 6.92 Å².